The highest BCUT2D eigenvalue weighted by Gasteiger charge is 2.16. The van der Waals surface area contributed by atoms with Crippen molar-refractivity contribution < 1.29 is 13.2 Å². The molecule has 0 aliphatic heterocycles. The molecular weight excluding hydrogens is 211 g/mol. The third-order valence-electron chi connectivity index (χ3n) is 1.90. The number of aryl methyl sites for hydroxylation is 1. The van der Waals surface area contributed by atoms with E-state index in [1.165, 1.54) is 12.1 Å². The molecule has 1 aromatic carbocycles. The van der Waals surface area contributed by atoms with Gasteiger partial charge in [0.15, 0.2) is 5.01 Å². The average Bonchev–Trinajstić information content (AvgIpc) is 2.57. The van der Waals surface area contributed by atoms with Crippen molar-refractivity contribution in [3.05, 3.63) is 28.5 Å². The molecule has 0 unspecified atom stereocenters. The van der Waals surface area contributed by atoms with Crippen LogP contribution in [0.5, 0.6) is 0 Å². The van der Waals surface area contributed by atoms with Crippen LogP contribution in [0.1, 0.15) is 17.0 Å². The van der Waals surface area contributed by atoms with Gasteiger partial charge in [0.2, 0.25) is 0 Å². The summed E-state index contributed by atoms with van der Waals surface area (Å²) in [4.78, 5) is 3.70. The molecule has 0 aliphatic rings. The molecule has 2 aromatic rings. The Bertz CT molecular complexity index is 439. The Hall–Kier alpha value is -1.10. The van der Waals surface area contributed by atoms with Crippen LogP contribution >= 0.6 is 11.3 Å². The molecule has 0 spiro atoms. The summed E-state index contributed by atoms with van der Waals surface area (Å²) in [5.74, 6) is -0.491. The van der Waals surface area contributed by atoms with E-state index in [9.17, 15) is 13.2 Å². The number of halogens is 3. The van der Waals surface area contributed by atoms with E-state index < -0.39 is 12.2 Å². The molecule has 1 heterocycles. The van der Waals surface area contributed by atoms with Crippen molar-refractivity contribution in [3.8, 4) is 0 Å². The molecule has 1 aromatic heterocycles. The Morgan fingerprint density at radius 2 is 2.07 bits per heavy atom. The molecule has 0 N–H and O–H groups in total. The standard InChI is InChI=1S/C9H6F3NS/c1-4-2-3-5(10)7-6(4)13-9(14-7)8(11)12/h2-3,8H,1H3. The topological polar surface area (TPSA) is 12.9 Å². The van der Waals surface area contributed by atoms with E-state index in [2.05, 4.69) is 4.98 Å². The van der Waals surface area contributed by atoms with E-state index in [4.69, 9.17) is 0 Å². The van der Waals surface area contributed by atoms with Crippen LogP contribution in [-0.4, -0.2) is 4.98 Å². The summed E-state index contributed by atoms with van der Waals surface area (Å²) >= 11 is 0.710. The number of aromatic nitrogens is 1. The zero-order valence-electron chi connectivity index (χ0n) is 7.22. The van der Waals surface area contributed by atoms with Crippen molar-refractivity contribution in [3.63, 3.8) is 0 Å². The highest BCUT2D eigenvalue weighted by molar-refractivity contribution is 7.18. The first-order valence-corrected chi connectivity index (χ1v) is 4.75. The SMILES string of the molecule is Cc1ccc(F)c2sc(C(F)F)nc12. The van der Waals surface area contributed by atoms with Crippen molar-refractivity contribution in [2.75, 3.05) is 0 Å². The van der Waals surface area contributed by atoms with Crippen LogP contribution < -0.4 is 0 Å². The average molecular weight is 217 g/mol. The van der Waals surface area contributed by atoms with Gasteiger partial charge in [-0.3, -0.25) is 0 Å². The molecule has 0 aliphatic carbocycles. The monoisotopic (exact) mass is 217 g/mol. The fourth-order valence-electron chi connectivity index (χ4n) is 1.21. The molecule has 1 nitrogen and oxygen atoms in total. The van der Waals surface area contributed by atoms with E-state index in [0.29, 0.717) is 22.4 Å². The van der Waals surface area contributed by atoms with Crippen molar-refractivity contribution in [1.29, 1.82) is 0 Å². The molecule has 0 fully saturated rings. The largest absolute Gasteiger partial charge is 0.289 e. The lowest BCUT2D eigenvalue weighted by Crippen LogP contribution is -1.82. The van der Waals surface area contributed by atoms with Gasteiger partial charge in [-0.05, 0) is 18.6 Å². The highest BCUT2D eigenvalue weighted by Crippen LogP contribution is 2.32. The Morgan fingerprint density at radius 1 is 1.36 bits per heavy atom. The van der Waals surface area contributed by atoms with Gasteiger partial charge in [0, 0.05) is 0 Å². The van der Waals surface area contributed by atoms with E-state index in [1.54, 1.807) is 6.92 Å². The summed E-state index contributed by atoms with van der Waals surface area (Å²) in [6.07, 6.45) is -2.63. The van der Waals surface area contributed by atoms with Crippen LogP contribution in [0.15, 0.2) is 12.1 Å². The summed E-state index contributed by atoms with van der Waals surface area (Å²) in [7, 11) is 0. The number of hydrogen-bond donors (Lipinski definition) is 0. The molecule has 2 rings (SSSR count). The minimum atomic E-state index is -2.63. The molecule has 0 bridgehead atoms. The summed E-state index contributed by atoms with van der Waals surface area (Å²) in [6.45, 7) is 1.72. The van der Waals surface area contributed by atoms with Crippen LogP contribution in [0, 0.1) is 12.7 Å². The van der Waals surface area contributed by atoms with Crippen molar-refractivity contribution in [2.24, 2.45) is 0 Å². The zero-order valence-corrected chi connectivity index (χ0v) is 8.04. The zero-order chi connectivity index (χ0) is 10.3. The summed E-state index contributed by atoms with van der Waals surface area (Å²) in [6, 6.07) is 2.80. The molecular formula is C9H6F3NS. The molecule has 0 saturated carbocycles. The number of benzene rings is 1. The van der Waals surface area contributed by atoms with Gasteiger partial charge in [-0.2, -0.15) is 0 Å². The van der Waals surface area contributed by atoms with Crippen LogP contribution in [0.25, 0.3) is 10.2 Å². The summed E-state index contributed by atoms with van der Waals surface area (Å²) in [5.41, 5.74) is 1.05. The van der Waals surface area contributed by atoms with Crippen molar-refractivity contribution >= 4 is 21.6 Å². The van der Waals surface area contributed by atoms with Crippen LogP contribution in [0.4, 0.5) is 13.2 Å². The fourth-order valence-corrected chi connectivity index (χ4v) is 2.12. The smallest absolute Gasteiger partial charge is 0.235 e. The van der Waals surface area contributed by atoms with E-state index in [0.717, 1.165) is 0 Å². The van der Waals surface area contributed by atoms with Gasteiger partial charge in [-0.1, -0.05) is 6.07 Å². The molecule has 0 radical (unpaired) electrons. The first-order chi connectivity index (χ1) is 6.59. The summed E-state index contributed by atoms with van der Waals surface area (Å²) < 4.78 is 38.0. The third-order valence-corrected chi connectivity index (χ3v) is 2.97. The van der Waals surface area contributed by atoms with Gasteiger partial charge in [-0.25, -0.2) is 18.2 Å². The van der Waals surface area contributed by atoms with Gasteiger partial charge < -0.3 is 0 Å². The highest BCUT2D eigenvalue weighted by atomic mass is 32.1. The second-order valence-electron chi connectivity index (χ2n) is 2.89. The molecule has 0 atom stereocenters. The Kier molecular flexibility index (Phi) is 2.19. The number of rotatable bonds is 1. The maximum Gasteiger partial charge on any atom is 0.289 e. The number of nitrogens with zero attached hydrogens (tertiary/aromatic N) is 1. The predicted octanol–water partition coefficient (Wildman–Crippen LogP) is 3.68. The van der Waals surface area contributed by atoms with Gasteiger partial charge in [0.1, 0.15) is 5.82 Å². The van der Waals surface area contributed by atoms with Crippen LogP contribution in [0.3, 0.4) is 0 Å². The number of alkyl halides is 2. The van der Waals surface area contributed by atoms with Gasteiger partial charge in [0.25, 0.3) is 6.43 Å². The van der Waals surface area contributed by atoms with E-state index >= 15 is 0 Å². The minimum Gasteiger partial charge on any atom is -0.235 e. The van der Waals surface area contributed by atoms with Crippen molar-refractivity contribution in [2.45, 2.75) is 13.3 Å². The minimum absolute atomic E-state index is 0.209. The Balaban J connectivity index is 2.75. The first-order valence-electron chi connectivity index (χ1n) is 3.93. The maximum atomic E-state index is 13.2. The Morgan fingerprint density at radius 3 is 2.64 bits per heavy atom. The Labute approximate surface area is 82.2 Å². The number of fused-ring (bicyclic) bond motifs is 1. The molecule has 0 amide bonds. The predicted molar refractivity (Wildman–Crippen MR) is 49.3 cm³/mol. The van der Waals surface area contributed by atoms with E-state index in [-0.39, 0.29) is 9.71 Å². The molecule has 0 saturated heterocycles. The van der Waals surface area contributed by atoms with Gasteiger partial charge >= 0.3 is 0 Å². The first kappa shape index (κ1) is 9.45. The molecule has 74 valence electrons. The molecule has 5 heteroatoms. The van der Waals surface area contributed by atoms with Crippen molar-refractivity contribution in [1.82, 2.24) is 4.98 Å². The molecule has 14 heavy (non-hydrogen) atoms. The summed E-state index contributed by atoms with van der Waals surface area (Å²) in [5, 5.41) is -0.326. The lowest BCUT2D eigenvalue weighted by Gasteiger charge is -1.93. The normalized spacial score (nSPS) is 11.5. The van der Waals surface area contributed by atoms with Crippen LogP contribution in [0.2, 0.25) is 0 Å². The maximum absolute atomic E-state index is 13.2. The quantitative estimate of drug-likeness (QED) is 0.710. The number of thiazole rings is 1. The lowest BCUT2D eigenvalue weighted by molar-refractivity contribution is 0.151. The van der Waals surface area contributed by atoms with Gasteiger partial charge in [0.05, 0.1) is 10.2 Å². The second-order valence-corrected chi connectivity index (χ2v) is 3.93. The van der Waals surface area contributed by atoms with Gasteiger partial charge in [-0.15, -0.1) is 11.3 Å². The number of hydrogen-bond acceptors (Lipinski definition) is 2. The fraction of sp³-hybridized carbons (Fsp3) is 0.222. The third kappa shape index (κ3) is 1.37. The van der Waals surface area contributed by atoms with E-state index in [1.807, 2.05) is 0 Å². The second kappa shape index (κ2) is 3.24. The van der Waals surface area contributed by atoms with Crippen LogP contribution in [-0.2, 0) is 0 Å². The lowest BCUT2D eigenvalue weighted by atomic mass is 10.2.